The first kappa shape index (κ1) is 84.5. The number of nitrogens with zero attached hydrogens (tertiary/aromatic N) is 1. The highest BCUT2D eigenvalue weighted by Gasteiger charge is 2.30. The summed E-state index contributed by atoms with van der Waals surface area (Å²) < 4.78 is 30.9. The SMILES string of the molecule is CCCCCCCC/C=C/CCCCCCCCCCCCCC(=O)NC(COP(=O)(O)OCC[N+](C)(C)C)C(/C=C\CCCCCCCCCCCC)OC(=O)CCCCCCCCCCCCCCCCCCCCCCCCCCCCC. The Labute approximate surface area is 536 Å². The van der Waals surface area contributed by atoms with Gasteiger partial charge in [0.1, 0.15) is 19.3 Å². The second-order valence-electron chi connectivity index (χ2n) is 27.5. The number of quaternary nitrogens is 1. The molecule has 0 heterocycles. The zero-order chi connectivity index (χ0) is 62.8. The fourth-order valence-electron chi connectivity index (χ4n) is 11.8. The van der Waals surface area contributed by atoms with Crippen molar-refractivity contribution in [2.75, 3.05) is 40.9 Å². The lowest BCUT2D eigenvalue weighted by Crippen LogP contribution is -2.47. The predicted octanol–water partition coefficient (Wildman–Crippen LogP) is 24.4. The fraction of sp³-hybridized carbons (Fsp3) is 0.921. The van der Waals surface area contributed by atoms with E-state index in [1.807, 2.05) is 27.2 Å². The Kier molecular flexibility index (Phi) is 65.2. The van der Waals surface area contributed by atoms with Crippen LogP contribution in [0.15, 0.2) is 24.3 Å². The van der Waals surface area contributed by atoms with Gasteiger partial charge in [0.25, 0.3) is 0 Å². The Morgan fingerprint density at radius 1 is 0.395 bits per heavy atom. The van der Waals surface area contributed by atoms with Gasteiger partial charge >= 0.3 is 13.8 Å². The molecule has 510 valence electrons. The Hall–Kier alpha value is -1.51. The summed E-state index contributed by atoms with van der Waals surface area (Å²) in [6.07, 6.45) is 82.1. The molecule has 0 rings (SSSR count). The van der Waals surface area contributed by atoms with Gasteiger partial charge in [-0.3, -0.25) is 18.6 Å². The number of nitrogens with one attached hydrogen (secondary N) is 1. The highest BCUT2D eigenvalue weighted by molar-refractivity contribution is 7.47. The van der Waals surface area contributed by atoms with Crippen molar-refractivity contribution >= 4 is 19.7 Å². The van der Waals surface area contributed by atoms with Gasteiger partial charge in [-0.25, -0.2) is 4.57 Å². The number of ether oxygens (including phenoxy) is 1. The molecule has 3 unspecified atom stereocenters. The molecule has 0 aromatic heterocycles. The van der Waals surface area contributed by atoms with Crippen molar-refractivity contribution in [1.82, 2.24) is 5.32 Å². The third kappa shape index (κ3) is 66.9. The smallest absolute Gasteiger partial charge is 0.456 e. The number of carbonyl (C=O) groups excluding carboxylic acids is 2. The molecule has 0 saturated carbocycles. The maximum atomic E-state index is 13.6. The highest BCUT2D eigenvalue weighted by atomic mass is 31.2. The third-order valence-electron chi connectivity index (χ3n) is 17.6. The number of amides is 1. The standard InChI is InChI=1S/C76H149N2O7P/c1-7-10-13-16-19-22-25-28-30-32-34-36-37-38-39-40-41-43-45-47-49-51-54-57-60-63-66-69-76(80)85-74(67-64-61-58-55-52-27-24-21-18-15-12-9-3)73(72-84-86(81,82)83-71-70-78(4,5)6)77-75(79)68-65-62-59-56-53-50-48-46-44-42-35-33-31-29-26-23-20-17-14-11-8-2/h29,31,64,67,73-74H,7-28,30,32-63,65-66,68-72H2,1-6H3,(H-,77,79,81,82)/p+1/b31-29+,67-64-. The minimum absolute atomic E-state index is 0.0443. The minimum Gasteiger partial charge on any atom is -0.456 e. The zero-order valence-electron chi connectivity index (χ0n) is 58.6. The molecule has 3 atom stereocenters. The van der Waals surface area contributed by atoms with Gasteiger partial charge in [0.2, 0.25) is 5.91 Å². The summed E-state index contributed by atoms with van der Waals surface area (Å²) in [6, 6.07) is -0.844. The van der Waals surface area contributed by atoms with Gasteiger partial charge < -0.3 is 19.4 Å². The van der Waals surface area contributed by atoms with E-state index in [-0.39, 0.29) is 25.1 Å². The zero-order valence-corrected chi connectivity index (χ0v) is 59.5. The van der Waals surface area contributed by atoms with E-state index >= 15 is 0 Å². The summed E-state index contributed by atoms with van der Waals surface area (Å²) in [6.45, 7) is 7.09. The number of phosphoric acid groups is 1. The Morgan fingerprint density at radius 2 is 0.674 bits per heavy atom. The van der Waals surface area contributed by atoms with Crippen LogP contribution in [-0.4, -0.2) is 74.3 Å². The average Bonchev–Trinajstić information content (AvgIpc) is 3.66. The van der Waals surface area contributed by atoms with Crippen molar-refractivity contribution in [2.24, 2.45) is 0 Å². The van der Waals surface area contributed by atoms with Crippen LogP contribution in [0.25, 0.3) is 0 Å². The number of likely N-dealkylation sites (N-methyl/N-ethyl adjacent to an activating group) is 1. The summed E-state index contributed by atoms with van der Waals surface area (Å²) in [5.74, 6) is -0.481. The van der Waals surface area contributed by atoms with E-state index in [2.05, 4.69) is 44.3 Å². The molecule has 1 amide bonds. The normalized spacial score (nSPS) is 13.5. The molecule has 9 nitrogen and oxygen atoms in total. The van der Waals surface area contributed by atoms with E-state index in [4.69, 9.17) is 13.8 Å². The first-order valence-electron chi connectivity index (χ1n) is 38.2. The lowest BCUT2D eigenvalue weighted by molar-refractivity contribution is -0.870. The van der Waals surface area contributed by atoms with Gasteiger partial charge in [-0.1, -0.05) is 354 Å². The molecule has 2 N–H and O–H groups in total. The van der Waals surface area contributed by atoms with Crippen molar-refractivity contribution in [3.05, 3.63) is 24.3 Å². The van der Waals surface area contributed by atoms with Gasteiger partial charge in [-0.15, -0.1) is 0 Å². The van der Waals surface area contributed by atoms with Gasteiger partial charge in [-0.05, 0) is 57.4 Å². The number of hydrogen-bond donors (Lipinski definition) is 2. The number of rotatable bonds is 71. The van der Waals surface area contributed by atoms with E-state index in [0.717, 1.165) is 57.8 Å². The largest absolute Gasteiger partial charge is 0.472 e. The molecule has 0 aliphatic rings. The Bertz CT molecular complexity index is 1520. The van der Waals surface area contributed by atoms with Crippen LogP contribution in [0.2, 0.25) is 0 Å². The summed E-state index contributed by atoms with van der Waals surface area (Å²) in [7, 11) is 1.52. The number of allylic oxidation sites excluding steroid dienone is 3. The van der Waals surface area contributed by atoms with E-state index < -0.39 is 20.0 Å². The molecule has 0 aliphatic heterocycles. The second-order valence-corrected chi connectivity index (χ2v) is 29.0. The van der Waals surface area contributed by atoms with Crippen LogP contribution in [0.5, 0.6) is 0 Å². The monoisotopic (exact) mass is 1230 g/mol. The van der Waals surface area contributed by atoms with Gasteiger partial charge in [-0.2, -0.15) is 0 Å². The van der Waals surface area contributed by atoms with E-state index in [1.165, 1.54) is 308 Å². The molecule has 0 aliphatic carbocycles. The van der Waals surface area contributed by atoms with E-state index in [1.54, 1.807) is 0 Å². The van der Waals surface area contributed by atoms with Gasteiger partial charge in [0.15, 0.2) is 0 Å². The van der Waals surface area contributed by atoms with Gasteiger partial charge in [0, 0.05) is 12.8 Å². The quantitative estimate of drug-likeness (QED) is 0.0205. The van der Waals surface area contributed by atoms with Crippen molar-refractivity contribution in [2.45, 2.75) is 412 Å². The fourth-order valence-corrected chi connectivity index (χ4v) is 12.5. The summed E-state index contributed by atoms with van der Waals surface area (Å²) in [5.41, 5.74) is 0. The molecule has 0 radical (unpaired) electrons. The first-order valence-corrected chi connectivity index (χ1v) is 39.7. The van der Waals surface area contributed by atoms with Crippen LogP contribution in [0, 0.1) is 0 Å². The van der Waals surface area contributed by atoms with Crippen LogP contribution < -0.4 is 5.32 Å². The van der Waals surface area contributed by atoms with Crippen LogP contribution >= 0.6 is 7.82 Å². The molecule has 86 heavy (non-hydrogen) atoms. The van der Waals surface area contributed by atoms with Crippen LogP contribution in [0.3, 0.4) is 0 Å². The topological polar surface area (TPSA) is 111 Å². The first-order chi connectivity index (χ1) is 41.9. The number of phosphoric ester groups is 1. The highest BCUT2D eigenvalue weighted by Crippen LogP contribution is 2.43. The molecule has 0 bridgehead atoms. The maximum absolute atomic E-state index is 13.6. The number of hydrogen-bond acceptors (Lipinski definition) is 6. The molecule has 10 heteroatoms. The van der Waals surface area contributed by atoms with Crippen LogP contribution in [0.4, 0.5) is 0 Å². The predicted molar refractivity (Wildman–Crippen MR) is 374 cm³/mol. The van der Waals surface area contributed by atoms with E-state index in [0.29, 0.717) is 23.9 Å². The van der Waals surface area contributed by atoms with Crippen molar-refractivity contribution in [1.29, 1.82) is 0 Å². The molecule has 0 saturated heterocycles. The van der Waals surface area contributed by atoms with Crippen LogP contribution in [0.1, 0.15) is 400 Å². The Morgan fingerprint density at radius 3 is 0.988 bits per heavy atom. The van der Waals surface area contributed by atoms with Crippen molar-refractivity contribution < 1.29 is 37.3 Å². The summed E-state index contributed by atoms with van der Waals surface area (Å²) >= 11 is 0. The van der Waals surface area contributed by atoms with E-state index in [9.17, 15) is 19.0 Å². The lowest BCUT2D eigenvalue weighted by atomic mass is 10.0. The molecular formula is C76H150N2O7P+. The minimum atomic E-state index is -4.45. The van der Waals surface area contributed by atoms with Crippen molar-refractivity contribution in [3.63, 3.8) is 0 Å². The maximum Gasteiger partial charge on any atom is 0.472 e. The lowest BCUT2D eigenvalue weighted by Gasteiger charge is -2.27. The summed E-state index contributed by atoms with van der Waals surface area (Å²) in [5, 5.41) is 3.08. The molecule has 0 fully saturated rings. The Balaban J connectivity index is 4.93. The number of unbranched alkanes of at least 4 members (excludes halogenated alkanes) is 53. The average molecular weight is 1240 g/mol. The molecular weight excluding hydrogens is 1080 g/mol. The molecule has 0 aromatic rings. The van der Waals surface area contributed by atoms with Crippen LogP contribution in [-0.2, 0) is 27.9 Å². The number of esters is 1. The molecule has 0 aromatic carbocycles. The second kappa shape index (κ2) is 66.4. The summed E-state index contributed by atoms with van der Waals surface area (Å²) in [4.78, 5) is 38.0. The third-order valence-corrected chi connectivity index (χ3v) is 18.6. The van der Waals surface area contributed by atoms with Crippen molar-refractivity contribution in [3.8, 4) is 0 Å². The van der Waals surface area contributed by atoms with Gasteiger partial charge in [0.05, 0.1) is 33.8 Å². The molecule has 0 spiro atoms. The number of carbonyl (C=O) groups is 2.